The van der Waals surface area contributed by atoms with Gasteiger partial charge < -0.3 is 39.6 Å². The number of rotatable bonds is 19. The Kier molecular flexibility index (Phi) is 27.8. The molecule has 0 saturated carbocycles. The topological polar surface area (TPSA) is 168 Å². The number of aromatic nitrogens is 2. The van der Waals surface area contributed by atoms with E-state index >= 15 is 0 Å². The van der Waals surface area contributed by atoms with E-state index in [1.54, 1.807) is 24.2 Å². The summed E-state index contributed by atoms with van der Waals surface area (Å²) in [5, 5.41) is 5.31. The number of nitrogens with zero attached hydrogens (tertiary/aromatic N) is 4. The average molecular weight is 910 g/mol. The van der Waals surface area contributed by atoms with Crippen LogP contribution in [0.5, 0.6) is 0 Å². The molecule has 14 nitrogen and oxygen atoms in total. The maximum atomic E-state index is 14.9. The third-order valence-electron chi connectivity index (χ3n) is 9.53. The fourth-order valence-corrected chi connectivity index (χ4v) is 6.37. The molecule has 0 aromatic carbocycles. The lowest BCUT2D eigenvalue weighted by atomic mass is 9.85. The summed E-state index contributed by atoms with van der Waals surface area (Å²) in [5.74, 6) is -0.858. The average Bonchev–Trinajstić information content (AvgIpc) is 3.68. The molecule has 18 heteroatoms. The molecular formula is C43H68FN7O7S3. The lowest BCUT2D eigenvalue weighted by Crippen LogP contribution is -2.55. The van der Waals surface area contributed by atoms with Gasteiger partial charge in [0.15, 0.2) is 0 Å². The minimum absolute atomic E-state index is 0. The molecule has 342 valence electrons. The highest BCUT2D eigenvalue weighted by atomic mass is 32.1. The van der Waals surface area contributed by atoms with E-state index in [0.717, 1.165) is 5.57 Å². The Morgan fingerprint density at radius 1 is 0.984 bits per heavy atom. The molecule has 2 heterocycles. The molecular weight excluding hydrogens is 842 g/mol. The maximum Gasteiger partial charge on any atom is 0.407 e. The Labute approximate surface area is 382 Å². The second kappa shape index (κ2) is 28.9. The number of allylic oxidation sites excluding steroid dienone is 10. The van der Waals surface area contributed by atoms with Gasteiger partial charge in [0.25, 0.3) is 0 Å². The van der Waals surface area contributed by atoms with Gasteiger partial charge in [0.2, 0.25) is 11.8 Å². The van der Waals surface area contributed by atoms with Gasteiger partial charge in [0, 0.05) is 31.6 Å². The Morgan fingerprint density at radius 3 is 2.13 bits per heavy atom. The predicted molar refractivity (Wildman–Crippen MR) is 256 cm³/mol. The van der Waals surface area contributed by atoms with Crippen molar-refractivity contribution < 1.29 is 37.8 Å². The van der Waals surface area contributed by atoms with Gasteiger partial charge in [0.05, 0.1) is 50.9 Å². The van der Waals surface area contributed by atoms with Crippen LogP contribution in [0.1, 0.15) is 78.9 Å². The molecule has 2 unspecified atom stereocenters. The lowest BCUT2D eigenvalue weighted by Gasteiger charge is -2.39. The molecule has 1 aliphatic rings. The first-order valence-corrected chi connectivity index (χ1v) is 19.3. The zero-order chi connectivity index (χ0) is 43.7. The van der Waals surface area contributed by atoms with Gasteiger partial charge in [0.1, 0.15) is 23.7 Å². The first-order chi connectivity index (χ1) is 27.3. The number of aliphatic imine (C=N–C) groups is 1. The number of hydrogen-bond donors (Lipinski definition) is 3. The minimum atomic E-state index is -0.797. The van der Waals surface area contributed by atoms with Crippen LogP contribution in [0.15, 0.2) is 90.1 Å². The van der Waals surface area contributed by atoms with Gasteiger partial charge in [-0.2, -0.15) is 40.5 Å². The zero-order valence-corrected chi connectivity index (χ0v) is 40.1. The van der Waals surface area contributed by atoms with E-state index in [2.05, 4.69) is 50.1 Å². The number of halogens is 1. The summed E-state index contributed by atoms with van der Waals surface area (Å²) in [6.07, 6.45) is 12.1. The number of carbonyl (C=O) groups excluding carboxylic acids is 4. The number of imidazole rings is 1. The van der Waals surface area contributed by atoms with Crippen molar-refractivity contribution >= 4 is 76.3 Å². The Bertz CT molecular complexity index is 1800. The van der Waals surface area contributed by atoms with Crippen molar-refractivity contribution in [1.29, 1.82) is 0 Å². The van der Waals surface area contributed by atoms with Crippen molar-refractivity contribution in [3.05, 3.63) is 96.6 Å². The van der Waals surface area contributed by atoms with Crippen LogP contribution in [0.2, 0.25) is 0 Å². The molecule has 61 heavy (non-hydrogen) atoms. The maximum absolute atomic E-state index is 14.9. The van der Waals surface area contributed by atoms with E-state index in [-0.39, 0.29) is 88.5 Å². The lowest BCUT2D eigenvalue weighted by molar-refractivity contribution is -0.139. The molecule has 0 bridgehead atoms. The van der Waals surface area contributed by atoms with E-state index in [4.69, 9.17) is 9.47 Å². The number of ether oxygens (including phenoxy) is 3. The molecule has 2 rings (SSSR count). The summed E-state index contributed by atoms with van der Waals surface area (Å²) < 4.78 is 30.3. The summed E-state index contributed by atoms with van der Waals surface area (Å²) in [4.78, 5) is 65.7. The third kappa shape index (κ3) is 19.0. The van der Waals surface area contributed by atoms with E-state index in [9.17, 15) is 23.6 Å². The number of amides is 4. The Morgan fingerprint density at radius 2 is 1.57 bits per heavy atom. The number of methoxy groups -OCH3 is 2. The molecule has 1 aromatic heterocycles. The second-order valence-electron chi connectivity index (χ2n) is 14.6. The molecule has 1 saturated heterocycles. The summed E-state index contributed by atoms with van der Waals surface area (Å²) in [5.41, 5.74) is 2.49. The SMILES string of the molecule is C=C(/C=C/N=CCN(C)C(=O)[C@@H](NC(=O)OC)C(C)C)/C=C(/F)C(=C)/C=C/C(C)=C/C(=C)c1cnc([C@H](C)N(CC)C(=O)C(NC(=O)OC)C2C[C@@H](C)O[C@@H](C)C2)[nH]1.S.S.S. The summed E-state index contributed by atoms with van der Waals surface area (Å²) in [6.45, 7) is 25.5. The fraction of sp³-hybridized carbons (Fsp3) is 0.488. The molecule has 1 fully saturated rings. The zero-order valence-electron chi connectivity index (χ0n) is 37.1. The number of hydrogen-bond acceptors (Lipinski definition) is 9. The Hall–Kier alpha value is -4.52. The monoisotopic (exact) mass is 909 g/mol. The van der Waals surface area contributed by atoms with Crippen LogP contribution in [0.25, 0.3) is 5.57 Å². The normalized spacial score (nSPS) is 18.2. The van der Waals surface area contributed by atoms with Crippen LogP contribution in [-0.4, -0.2) is 109 Å². The molecule has 1 aliphatic heterocycles. The molecule has 6 atom stereocenters. The Balaban J connectivity index is 0. The number of nitrogens with one attached hydrogen (secondary N) is 3. The quantitative estimate of drug-likeness (QED) is 0.0949. The summed E-state index contributed by atoms with van der Waals surface area (Å²) in [6, 6.07) is -2.00. The highest BCUT2D eigenvalue weighted by Gasteiger charge is 2.39. The van der Waals surface area contributed by atoms with Crippen LogP contribution in [0.3, 0.4) is 0 Å². The van der Waals surface area contributed by atoms with Crippen LogP contribution in [0.4, 0.5) is 14.0 Å². The molecule has 4 amide bonds. The standard InChI is InChI=1S/C43H62FN7O7.3H2S/c1-14-51(41(53)38(49-43(55)57-13)34-23-31(8)58-32(9)24-34)33(10)39-46-25-36(47-39)30(7)21-27(4)15-16-29(6)35(44)22-28(5)17-18-45-19-20-50(11)40(52)37(26(2)3)48-42(54)56-12;;;/h15-19,21-22,25-26,31-34,37-38H,5-7,14,20,23-24H2,1-4,8-13H3,(H,46,47)(H,48,54)(H,49,55);3*1H2/b16-15+,18-17+,27-21+,35-22+,45-19?;;;/t31-,32+,33-,34?,37-,38?;;;/m0.../s1. The number of aromatic amines is 1. The number of alkyl carbamates (subject to hydrolysis) is 2. The van der Waals surface area contributed by atoms with Crippen molar-refractivity contribution in [3.63, 3.8) is 0 Å². The highest BCUT2D eigenvalue weighted by molar-refractivity contribution is 7.59. The number of likely N-dealkylation sites (N-methyl/N-ethyl adjacent to an activating group) is 2. The molecule has 0 spiro atoms. The fourth-order valence-electron chi connectivity index (χ4n) is 6.37. The van der Waals surface area contributed by atoms with Crippen molar-refractivity contribution in [3.8, 4) is 0 Å². The van der Waals surface area contributed by atoms with Gasteiger partial charge in [-0.15, -0.1) is 0 Å². The highest BCUT2D eigenvalue weighted by Crippen LogP contribution is 2.30. The molecule has 0 radical (unpaired) electrons. The van der Waals surface area contributed by atoms with Crippen LogP contribution in [-0.2, 0) is 23.8 Å². The first kappa shape index (κ1) is 58.6. The molecule has 1 aromatic rings. The van der Waals surface area contributed by atoms with Gasteiger partial charge in [-0.3, -0.25) is 14.6 Å². The van der Waals surface area contributed by atoms with Gasteiger partial charge >= 0.3 is 12.2 Å². The first-order valence-electron chi connectivity index (χ1n) is 19.3. The summed E-state index contributed by atoms with van der Waals surface area (Å²) in [7, 11) is 4.09. The smallest absolute Gasteiger partial charge is 0.407 e. The van der Waals surface area contributed by atoms with Crippen molar-refractivity contribution in [2.45, 2.75) is 91.6 Å². The van der Waals surface area contributed by atoms with Crippen molar-refractivity contribution in [1.82, 2.24) is 30.4 Å². The van der Waals surface area contributed by atoms with E-state index in [1.807, 2.05) is 54.5 Å². The van der Waals surface area contributed by atoms with Crippen molar-refractivity contribution in [2.75, 3.05) is 34.4 Å². The van der Waals surface area contributed by atoms with Gasteiger partial charge in [-0.1, -0.05) is 57.4 Å². The predicted octanol–water partition coefficient (Wildman–Crippen LogP) is 7.49. The number of carbonyl (C=O) groups is 4. The van der Waals surface area contributed by atoms with Crippen molar-refractivity contribution in [2.24, 2.45) is 16.8 Å². The van der Waals surface area contributed by atoms with E-state index < -0.39 is 36.1 Å². The van der Waals surface area contributed by atoms with E-state index in [0.29, 0.717) is 42.1 Å². The molecule has 3 N–H and O–H groups in total. The largest absolute Gasteiger partial charge is 0.453 e. The van der Waals surface area contributed by atoms with Gasteiger partial charge in [-0.05, 0) is 82.6 Å². The number of H-pyrrole nitrogens is 1. The van der Waals surface area contributed by atoms with Crippen LogP contribution >= 0.6 is 40.5 Å². The summed E-state index contributed by atoms with van der Waals surface area (Å²) >= 11 is 0. The van der Waals surface area contributed by atoms with Crippen LogP contribution in [0, 0.1) is 11.8 Å². The van der Waals surface area contributed by atoms with E-state index in [1.165, 1.54) is 49.8 Å². The molecule has 0 aliphatic carbocycles. The minimum Gasteiger partial charge on any atom is -0.453 e. The van der Waals surface area contributed by atoms with Gasteiger partial charge in [-0.25, -0.2) is 19.0 Å². The van der Waals surface area contributed by atoms with Crippen LogP contribution < -0.4 is 10.6 Å². The second-order valence-corrected chi connectivity index (χ2v) is 14.6. The third-order valence-corrected chi connectivity index (χ3v) is 9.53.